The van der Waals surface area contributed by atoms with E-state index in [1.54, 1.807) is 0 Å². The largest absolute Gasteiger partial charge is 0.396 e. The van der Waals surface area contributed by atoms with E-state index in [2.05, 4.69) is 10.6 Å². The highest BCUT2D eigenvalue weighted by Gasteiger charge is 2.34. The molecule has 8 heteroatoms. The van der Waals surface area contributed by atoms with Crippen LogP contribution in [-0.4, -0.2) is 70.9 Å². The Balaban J connectivity index is 0. The van der Waals surface area contributed by atoms with Crippen LogP contribution >= 0.6 is 12.4 Å². The Labute approximate surface area is 101 Å². The summed E-state index contributed by atoms with van der Waals surface area (Å²) >= 11 is 0. The zero-order valence-electron chi connectivity index (χ0n) is 8.96. The summed E-state index contributed by atoms with van der Waals surface area (Å²) < 4.78 is 0. The van der Waals surface area contributed by atoms with E-state index < -0.39 is 25.0 Å². The first-order chi connectivity index (χ1) is 7.14. The molecule has 0 aromatic heterocycles. The molecule has 0 saturated heterocycles. The number of aliphatic hydroxyl groups is 5. The average molecular weight is 261 g/mol. The molecule has 0 saturated carbocycles. The molecule has 0 unspecified atom stereocenters. The van der Waals surface area contributed by atoms with Gasteiger partial charge in [0.2, 0.25) is 0 Å². The lowest BCUT2D eigenvalue weighted by atomic mass is 10.0. The van der Waals surface area contributed by atoms with E-state index in [0.717, 1.165) is 0 Å². The molecule has 0 aromatic rings. The summed E-state index contributed by atoms with van der Waals surface area (Å²) in [5.41, 5.74) is 0. The monoisotopic (exact) mass is 260 g/mol. The fourth-order valence-electron chi connectivity index (χ4n) is 1.17. The van der Waals surface area contributed by atoms with E-state index in [-0.39, 0.29) is 38.7 Å². The molecule has 0 aliphatic rings. The second kappa shape index (κ2) is 10.2. The van der Waals surface area contributed by atoms with Gasteiger partial charge in [0.1, 0.15) is 0 Å². The van der Waals surface area contributed by atoms with E-state index in [9.17, 15) is 5.11 Å². The fourth-order valence-corrected chi connectivity index (χ4v) is 1.17. The van der Waals surface area contributed by atoms with Gasteiger partial charge in [-0.3, -0.25) is 10.6 Å². The fraction of sp³-hybridized carbons (Fsp3) is 1.00. The SMILES string of the molecule is Cl.OCCNC(O)(NCCO)C(CO)CO. The minimum absolute atomic E-state index is 0. The lowest BCUT2D eigenvalue weighted by Crippen LogP contribution is -2.64. The molecule has 0 fully saturated rings. The highest BCUT2D eigenvalue weighted by atomic mass is 35.5. The lowest BCUT2D eigenvalue weighted by molar-refractivity contribution is -0.112. The molecule has 100 valence electrons. The molecule has 0 rings (SSSR count). The number of aliphatic hydroxyl groups excluding tert-OH is 4. The van der Waals surface area contributed by atoms with Crippen LogP contribution in [0.3, 0.4) is 0 Å². The number of rotatable bonds is 9. The van der Waals surface area contributed by atoms with Gasteiger partial charge in [-0.25, -0.2) is 0 Å². The third-order valence-corrected chi connectivity index (χ3v) is 2.04. The molecule has 7 N–H and O–H groups in total. The van der Waals surface area contributed by atoms with Gasteiger partial charge in [-0.05, 0) is 0 Å². The van der Waals surface area contributed by atoms with Crippen molar-refractivity contribution in [1.29, 1.82) is 0 Å². The smallest absolute Gasteiger partial charge is 0.179 e. The van der Waals surface area contributed by atoms with E-state index >= 15 is 0 Å². The van der Waals surface area contributed by atoms with Gasteiger partial charge in [0, 0.05) is 13.1 Å². The average Bonchev–Trinajstić information content (AvgIpc) is 2.25. The standard InChI is InChI=1S/C8H20N2O5.ClH/c11-3-1-9-8(15,10-2-4-12)7(5-13)6-14;/h7,9-15H,1-6H2;1H. The van der Waals surface area contributed by atoms with Crippen molar-refractivity contribution in [3.63, 3.8) is 0 Å². The van der Waals surface area contributed by atoms with Gasteiger partial charge in [-0.1, -0.05) is 0 Å². The Morgan fingerprint density at radius 3 is 1.50 bits per heavy atom. The van der Waals surface area contributed by atoms with Crippen LogP contribution < -0.4 is 10.6 Å². The number of hydrogen-bond donors (Lipinski definition) is 7. The van der Waals surface area contributed by atoms with E-state index in [1.807, 2.05) is 0 Å². The Hall–Kier alpha value is 0.01000. The molecule has 0 spiro atoms. The minimum Gasteiger partial charge on any atom is -0.396 e. The quantitative estimate of drug-likeness (QED) is 0.218. The van der Waals surface area contributed by atoms with Crippen molar-refractivity contribution in [2.75, 3.05) is 39.5 Å². The minimum atomic E-state index is -1.70. The van der Waals surface area contributed by atoms with Gasteiger partial charge >= 0.3 is 0 Å². The van der Waals surface area contributed by atoms with Gasteiger partial charge in [0.05, 0.1) is 32.3 Å². The molecule has 16 heavy (non-hydrogen) atoms. The van der Waals surface area contributed by atoms with Crippen LogP contribution in [-0.2, 0) is 0 Å². The zero-order valence-corrected chi connectivity index (χ0v) is 9.78. The van der Waals surface area contributed by atoms with Crippen molar-refractivity contribution in [2.24, 2.45) is 5.92 Å². The van der Waals surface area contributed by atoms with Crippen LogP contribution in [0.4, 0.5) is 0 Å². The second-order valence-electron chi connectivity index (χ2n) is 3.13. The highest BCUT2D eigenvalue weighted by Crippen LogP contribution is 2.10. The summed E-state index contributed by atoms with van der Waals surface area (Å²) in [4.78, 5) is 0. The molecule has 7 nitrogen and oxygen atoms in total. The first kappa shape index (κ1) is 18.4. The van der Waals surface area contributed by atoms with Gasteiger partial charge < -0.3 is 25.5 Å². The van der Waals surface area contributed by atoms with Crippen molar-refractivity contribution in [3.05, 3.63) is 0 Å². The van der Waals surface area contributed by atoms with Crippen LogP contribution in [0.1, 0.15) is 0 Å². The maximum Gasteiger partial charge on any atom is 0.179 e. The summed E-state index contributed by atoms with van der Waals surface area (Å²) in [5.74, 6) is -2.54. The summed E-state index contributed by atoms with van der Waals surface area (Å²) in [7, 11) is 0. The first-order valence-corrected chi connectivity index (χ1v) is 4.80. The molecular weight excluding hydrogens is 240 g/mol. The van der Waals surface area contributed by atoms with Gasteiger partial charge in [-0.2, -0.15) is 0 Å². The second-order valence-corrected chi connectivity index (χ2v) is 3.13. The normalized spacial score (nSPS) is 11.6. The van der Waals surface area contributed by atoms with Gasteiger partial charge in [0.15, 0.2) is 5.85 Å². The molecule has 0 bridgehead atoms. The highest BCUT2D eigenvalue weighted by molar-refractivity contribution is 5.85. The van der Waals surface area contributed by atoms with Crippen LogP contribution in [0.15, 0.2) is 0 Å². The van der Waals surface area contributed by atoms with Crippen molar-refractivity contribution in [2.45, 2.75) is 5.85 Å². The van der Waals surface area contributed by atoms with Crippen LogP contribution in [0, 0.1) is 5.92 Å². The summed E-state index contributed by atoms with van der Waals surface area (Å²) in [6.07, 6.45) is 0. The maximum atomic E-state index is 9.97. The third-order valence-electron chi connectivity index (χ3n) is 2.04. The lowest BCUT2D eigenvalue weighted by Gasteiger charge is -2.35. The van der Waals surface area contributed by atoms with Crippen molar-refractivity contribution < 1.29 is 25.5 Å². The molecule has 0 radical (unpaired) electrons. The van der Waals surface area contributed by atoms with Crippen LogP contribution in [0.25, 0.3) is 0 Å². The molecule has 0 atom stereocenters. The molecule has 0 aliphatic carbocycles. The topological polar surface area (TPSA) is 125 Å². The van der Waals surface area contributed by atoms with Crippen LogP contribution in [0.2, 0.25) is 0 Å². The molecular formula is C8H21ClN2O5. The predicted octanol–water partition coefficient (Wildman–Crippen LogP) is -3.18. The number of halogens is 1. The van der Waals surface area contributed by atoms with E-state index in [4.69, 9.17) is 20.4 Å². The maximum absolute atomic E-state index is 9.97. The summed E-state index contributed by atoms with van der Waals surface area (Å²) in [5, 5.41) is 50.1. The van der Waals surface area contributed by atoms with E-state index in [1.165, 1.54) is 0 Å². The van der Waals surface area contributed by atoms with Crippen LogP contribution in [0.5, 0.6) is 0 Å². The van der Waals surface area contributed by atoms with Crippen molar-refractivity contribution >= 4 is 12.4 Å². The zero-order chi connectivity index (χ0) is 11.7. The summed E-state index contributed by atoms with van der Waals surface area (Å²) in [6, 6.07) is 0. The molecule has 0 aromatic carbocycles. The Morgan fingerprint density at radius 1 is 0.875 bits per heavy atom. The van der Waals surface area contributed by atoms with Crippen molar-refractivity contribution in [1.82, 2.24) is 10.6 Å². The Kier molecular flexibility index (Phi) is 11.7. The molecule has 0 amide bonds. The summed E-state index contributed by atoms with van der Waals surface area (Å²) in [6.45, 7) is -1.02. The van der Waals surface area contributed by atoms with Gasteiger partial charge in [0.25, 0.3) is 0 Å². The molecule has 0 heterocycles. The van der Waals surface area contributed by atoms with Gasteiger partial charge in [-0.15, -0.1) is 12.4 Å². The Bertz CT molecular complexity index is 151. The predicted molar refractivity (Wildman–Crippen MR) is 60.0 cm³/mol. The van der Waals surface area contributed by atoms with E-state index in [0.29, 0.717) is 0 Å². The number of hydrogen-bond acceptors (Lipinski definition) is 7. The first-order valence-electron chi connectivity index (χ1n) is 4.80. The third kappa shape index (κ3) is 5.92. The van der Waals surface area contributed by atoms with Crippen molar-refractivity contribution in [3.8, 4) is 0 Å². The molecule has 0 aliphatic heterocycles. The number of nitrogens with one attached hydrogen (secondary N) is 2. The Morgan fingerprint density at radius 2 is 1.25 bits per heavy atom.